The van der Waals surface area contributed by atoms with Gasteiger partial charge in [0.1, 0.15) is 5.82 Å². The molecule has 2 aromatic rings. The first kappa shape index (κ1) is 17.1. The van der Waals surface area contributed by atoms with Gasteiger partial charge in [-0.25, -0.2) is 4.39 Å². The Bertz CT molecular complexity index is 706. The van der Waals surface area contributed by atoms with Crippen LogP contribution in [-0.2, 0) is 9.53 Å². The van der Waals surface area contributed by atoms with Gasteiger partial charge >= 0.3 is 0 Å². The predicted octanol–water partition coefficient (Wildman–Crippen LogP) is 2.76. The Morgan fingerprint density at radius 3 is 2.88 bits per heavy atom. The van der Waals surface area contributed by atoms with Gasteiger partial charge in [-0.1, -0.05) is 35.2 Å². The fourth-order valence-corrected chi connectivity index (χ4v) is 4.22. The fraction of sp³-hybridized carbons (Fsp3) is 0.400. The molecule has 0 spiro atoms. The van der Waals surface area contributed by atoms with Crippen LogP contribution in [0.3, 0.4) is 0 Å². The third-order valence-corrected chi connectivity index (χ3v) is 5.48. The molecule has 1 aromatic carbocycles. The van der Waals surface area contributed by atoms with Crippen molar-refractivity contribution in [2.45, 2.75) is 16.5 Å². The molecule has 1 amide bonds. The fourth-order valence-electron chi connectivity index (χ4n) is 2.23. The van der Waals surface area contributed by atoms with Gasteiger partial charge in [-0.15, -0.1) is 10.2 Å². The molecule has 2 heterocycles. The van der Waals surface area contributed by atoms with Crippen LogP contribution in [0.25, 0.3) is 0 Å². The number of para-hydroxylation sites is 1. The standard InChI is InChI=1S/C15H17FN4O2S2/c1-10(13(21)20-6-8-22-9-7-20)23-15-19-18-14(24-15)17-12-5-3-2-4-11(12)16/h2-5,10H,6-9H2,1H3,(H,17,18)/t10-/m0/s1. The summed E-state index contributed by atoms with van der Waals surface area (Å²) in [7, 11) is 0. The van der Waals surface area contributed by atoms with Gasteiger partial charge in [0.05, 0.1) is 24.2 Å². The van der Waals surface area contributed by atoms with E-state index in [9.17, 15) is 9.18 Å². The molecule has 1 atom stereocenters. The zero-order valence-corrected chi connectivity index (χ0v) is 14.7. The summed E-state index contributed by atoms with van der Waals surface area (Å²) in [6, 6.07) is 6.38. The van der Waals surface area contributed by atoms with Crippen molar-refractivity contribution in [2.24, 2.45) is 0 Å². The van der Waals surface area contributed by atoms with E-state index in [4.69, 9.17) is 4.74 Å². The highest BCUT2D eigenvalue weighted by atomic mass is 32.2. The molecule has 0 radical (unpaired) electrons. The molecule has 6 nitrogen and oxygen atoms in total. The minimum absolute atomic E-state index is 0.0714. The Morgan fingerprint density at radius 1 is 1.38 bits per heavy atom. The van der Waals surface area contributed by atoms with Crippen molar-refractivity contribution in [3.63, 3.8) is 0 Å². The Morgan fingerprint density at radius 2 is 2.12 bits per heavy atom. The van der Waals surface area contributed by atoms with Crippen LogP contribution in [0, 0.1) is 5.82 Å². The number of nitrogens with zero attached hydrogens (tertiary/aromatic N) is 3. The van der Waals surface area contributed by atoms with Gasteiger partial charge in [0, 0.05) is 13.1 Å². The minimum atomic E-state index is -0.349. The van der Waals surface area contributed by atoms with Crippen LogP contribution in [0.15, 0.2) is 28.6 Å². The lowest BCUT2D eigenvalue weighted by Gasteiger charge is -2.28. The van der Waals surface area contributed by atoms with Crippen LogP contribution in [0.2, 0.25) is 0 Å². The van der Waals surface area contributed by atoms with Crippen molar-refractivity contribution >= 4 is 39.8 Å². The molecule has 1 N–H and O–H groups in total. The highest BCUT2D eigenvalue weighted by molar-refractivity contribution is 8.02. The molecule has 9 heteroatoms. The number of rotatable bonds is 5. The molecule has 0 saturated carbocycles. The molecule has 0 bridgehead atoms. The average Bonchev–Trinajstić information content (AvgIpc) is 3.04. The van der Waals surface area contributed by atoms with E-state index in [1.165, 1.54) is 29.2 Å². The summed E-state index contributed by atoms with van der Waals surface area (Å²) in [6.45, 7) is 4.27. The van der Waals surface area contributed by atoms with Crippen LogP contribution in [-0.4, -0.2) is 52.6 Å². The van der Waals surface area contributed by atoms with Gasteiger partial charge in [-0.05, 0) is 19.1 Å². The highest BCUT2D eigenvalue weighted by Crippen LogP contribution is 2.31. The summed E-state index contributed by atoms with van der Waals surface area (Å²) in [5, 5.41) is 11.2. The predicted molar refractivity (Wildman–Crippen MR) is 92.3 cm³/mol. The van der Waals surface area contributed by atoms with Crippen molar-refractivity contribution in [2.75, 3.05) is 31.6 Å². The van der Waals surface area contributed by atoms with E-state index in [1.54, 1.807) is 23.1 Å². The maximum absolute atomic E-state index is 13.6. The summed E-state index contributed by atoms with van der Waals surface area (Å²) in [5.41, 5.74) is 0.350. The Balaban J connectivity index is 1.59. The van der Waals surface area contributed by atoms with Crippen LogP contribution in [0.4, 0.5) is 15.2 Å². The molecule has 1 saturated heterocycles. The third kappa shape index (κ3) is 4.22. The topological polar surface area (TPSA) is 67.4 Å². The number of halogens is 1. The number of anilines is 2. The van der Waals surface area contributed by atoms with Crippen molar-refractivity contribution in [1.82, 2.24) is 15.1 Å². The minimum Gasteiger partial charge on any atom is -0.378 e. The Kier molecular flexibility index (Phi) is 5.64. The summed E-state index contributed by atoms with van der Waals surface area (Å²) in [5.74, 6) is -0.278. The van der Waals surface area contributed by atoms with E-state index in [0.29, 0.717) is 41.5 Å². The van der Waals surface area contributed by atoms with E-state index >= 15 is 0 Å². The first-order valence-electron chi connectivity index (χ1n) is 7.52. The second-order valence-electron chi connectivity index (χ2n) is 5.18. The number of ether oxygens (including phenoxy) is 1. The van der Waals surface area contributed by atoms with Crippen molar-refractivity contribution < 1.29 is 13.9 Å². The van der Waals surface area contributed by atoms with Crippen molar-refractivity contribution in [1.29, 1.82) is 0 Å². The van der Waals surface area contributed by atoms with E-state index in [1.807, 2.05) is 6.92 Å². The zero-order valence-electron chi connectivity index (χ0n) is 13.1. The van der Waals surface area contributed by atoms with E-state index < -0.39 is 0 Å². The van der Waals surface area contributed by atoms with Gasteiger partial charge in [-0.3, -0.25) is 4.79 Å². The van der Waals surface area contributed by atoms with Gasteiger partial charge < -0.3 is 15.0 Å². The number of benzene rings is 1. The summed E-state index contributed by atoms with van der Waals surface area (Å²) in [4.78, 5) is 14.2. The Labute approximate surface area is 147 Å². The normalized spacial score (nSPS) is 16.0. The number of carbonyl (C=O) groups is 1. The maximum Gasteiger partial charge on any atom is 0.236 e. The third-order valence-electron chi connectivity index (χ3n) is 3.47. The lowest BCUT2D eigenvalue weighted by atomic mass is 10.3. The number of morpholine rings is 1. The quantitative estimate of drug-likeness (QED) is 0.819. The highest BCUT2D eigenvalue weighted by Gasteiger charge is 2.24. The van der Waals surface area contributed by atoms with Gasteiger partial charge in [0.2, 0.25) is 11.0 Å². The molecule has 1 aliphatic heterocycles. The zero-order chi connectivity index (χ0) is 16.9. The second-order valence-corrected chi connectivity index (χ2v) is 7.74. The number of hydrogen-bond acceptors (Lipinski definition) is 7. The first-order chi connectivity index (χ1) is 11.6. The number of thioether (sulfide) groups is 1. The lowest BCUT2D eigenvalue weighted by Crippen LogP contribution is -2.44. The molecular formula is C15H17FN4O2S2. The number of amides is 1. The maximum atomic E-state index is 13.6. The monoisotopic (exact) mass is 368 g/mol. The van der Waals surface area contributed by atoms with E-state index in [2.05, 4.69) is 15.5 Å². The molecule has 1 aromatic heterocycles. The largest absolute Gasteiger partial charge is 0.378 e. The molecule has 1 aliphatic rings. The van der Waals surface area contributed by atoms with Crippen LogP contribution >= 0.6 is 23.1 Å². The average molecular weight is 368 g/mol. The number of hydrogen-bond donors (Lipinski definition) is 1. The second kappa shape index (κ2) is 7.91. The molecule has 3 rings (SSSR count). The van der Waals surface area contributed by atoms with Gasteiger partial charge in [0.25, 0.3) is 0 Å². The molecule has 0 unspecified atom stereocenters. The van der Waals surface area contributed by atoms with Crippen molar-refractivity contribution in [3.05, 3.63) is 30.1 Å². The molecule has 128 valence electrons. The summed E-state index contributed by atoms with van der Waals surface area (Å²) >= 11 is 2.66. The number of nitrogens with one attached hydrogen (secondary N) is 1. The summed E-state index contributed by atoms with van der Waals surface area (Å²) < 4.78 is 19.6. The number of carbonyl (C=O) groups excluding carboxylic acids is 1. The van der Waals surface area contributed by atoms with Crippen LogP contribution < -0.4 is 5.32 Å². The van der Waals surface area contributed by atoms with Crippen LogP contribution in [0.1, 0.15) is 6.92 Å². The molecule has 0 aliphatic carbocycles. The van der Waals surface area contributed by atoms with E-state index in [-0.39, 0.29) is 17.0 Å². The molecule has 24 heavy (non-hydrogen) atoms. The summed E-state index contributed by atoms with van der Waals surface area (Å²) in [6.07, 6.45) is 0. The van der Waals surface area contributed by atoms with E-state index in [0.717, 1.165) is 0 Å². The smallest absolute Gasteiger partial charge is 0.236 e. The Hall–Kier alpha value is -1.71. The lowest BCUT2D eigenvalue weighted by molar-refractivity contribution is -0.134. The van der Waals surface area contributed by atoms with Gasteiger partial charge in [0.15, 0.2) is 4.34 Å². The van der Waals surface area contributed by atoms with Crippen molar-refractivity contribution in [3.8, 4) is 0 Å². The van der Waals surface area contributed by atoms with Crippen LogP contribution in [0.5, 0.6) is 0 Å². The number of aromatic nitrogens is 2. The SMILES string of the molecule is C[C@H](Sc1nnc(Nc2ccccc2F)s1)C(=O)N1CCOCC1. The molecular weight excluding hydrogens is 351 g/mol. The van der Waals surface area contributed by atoms with Gasteiger partial charge in [-0.2, -0.15) is 0 Å². The first-order valence-corrected chi connectivity index (χ1v) is 9.21. The molecule has 1 fully saturated rings.